The molecule has 2 aromatic heterocycles. The van der Waals surface area contributed by atoms with Crippen molar-refractivity contribution in [2.45, 2.75) is 50.2 Å². The molecule has 176 valence electrons. The minimum atomic E-state index is -3.84. The molecule has 0 spiro atoms. The van der Waals surface area contributed by atoms with Gasteiger partial charge in [-0.05, 0) is 69.0 Å². The molecule has 1 aliphatic carbocycles. The van der Waals surface area contributed by atoms with Gasteiger partial charge in [0.15, 0.2) is 0 Å². The molecule has 0 unspecified atom stereocenters. The summed E-state index contributed by atoms with van der Waals surface area (Å²) >= 11 is 1.39. The highest BCUT2D eigenvalue weighted by atomic mass is 32.2. The van der Waals surface area contributed by atoms with E-state index < -0.39 is 21.7 Å². The number of ether oxygens (including phenoxy) is 1. The summed E-state index contributed by atoms with van der Waals surface area (Å²) in [6, 6.07) is 13.9. The predicted molar refractivity (Wildman–Crippen MR) is 133 cm³/mol. The number of aryl methyl sites for hydroxylation is 1. The van der Waals surface area contributed by atoms with Gasteiger partial charge in [0.2, 0.25) is 0 Å². The van der Waals surface area contributed by atoms with Crippen LogP contribution < -0.4 is 5.32 Å². The van der Waals surface area contributed by atoms with E-state index >= 15 is 0 Å². The second kappa shape index (κ2) is 8.25. The van der Waals surface area contributed by atoms with Gasteiger partial charge < -0.3 is 10.1 Å². The molecule has 1 atom stereocenters. The van der Waals surface area contributed by atoms with Crippen LogP contribution in [0.2, 0.25) is 0 Å². The smallest absolute Gasteiger partial charge is 0.408 e. The van der Waals surface area contributed by atoms with Crippen LogP contribution in [0.25, 0.3) is 21.5 Å². The maximum atomic E-state index is 13.7. The van der Waals surface area contributed by atoms with Gasteiger partial charge in [0.25, 0.3) is 10.0 Å². The number of aromatic nitrogens is 2. The number of fused-ring (bicyclic) bond motifs is 3. The van der Waals surface area contributed by atoms with Crippen LogP contribution in [0.5, 0.6) is 0 Å². The Morgan fingerprint density at radius 3 is 2.62 bits per heavy atom. The highest BCUT2D eigenvalue weighted by Crippen LogP contribution is 2.41. The lowest BCUT2D eigenvalue weighted by atomic mass is 10.0. The lowest BCUT2D eigenvalue weighted by Gasteiger charge is -2.22. The van der Waals surface area contributed by atoms with Crippen molar-refractivity contribution in [3.05, 3.63) is 71.4 Å². The summed E-state index contributed by atoms with van der Waals surface area (Å²) in [4.78, 5) is 17.5. The van der Waals surface area contributed by atoms with Crippen LogP contribution in [0.4, 0.5) is 4.79 Å². The van der Waals surface area contributed by atoms with Crippen LogP contribution in [-0.4, -0.2) is 29.1 Å². The number of carbonyl (C=O) groups excluding carboxylic acids is 1. The normalized spacial score (nSPS) is 15.9. The average Bonchev–Trinajstić information content (AvgIpc) is 3.51. The molecule has 0 radical (unpaired) electrons. The topological polar surface area (TPSA) is 90.3 Å². The summed E-state index contributed by atoms with van der Waals surface area (Å²) in [6.07, 6.45) is 2.67. The Labute approximate surface area is 202 Å². The second-order valence-corrected chi connectivity index (χ2v) is 12.0. The average molecular weight is 496 g/mol. The Hall–Kier alpha value is -3.17. The number of nitrogens with zero attached hydrogens (tertiary/aromatic N) is 2. The van der Waals surface area contributed by atoms with Gasteiger partial charge in [0.1, 0.15) is 5.60 Å². The Balaban J connectivity index is 1.64. The molecule has 0 fully saturated rings. The Bertz CT molecular complexity index is 1470. The molecule has 1 N–H and O–H groups in total. The van der Waals surface area contributed by atoms with Gasteiger partial charge in [-0.25, -0.2) is 17.2 Å². The fourth-order valence-electron chi connectivity index (χ4n) is 4.45. The van der Waals surface area contributed by atoms with E-state index in [2.05, 4.69) is 10.3 Å². The summed E-state index contributed by atoms with van der Waals surface area (Å²) < 4.78 is 34.3. The van der Waals surface area contributed by atoms with Crippen LogP contribution in [0, 0.1) is 0 Å². The molecule has 0 bridgehead atoms. The fourth-order valence-corrected chi connectivity index (χ4v) is 6.68. The lowest BCUT2D eigenvalue weighted by Crippen LogP contribution is -2.34. The first kappa shape index (κ1) is 22.6. The zero-order chi connectivity index (χ0) is 24.1. The predicted octanol–water partition coefficient (Wildman–Crippen LogP) is 5.51. The van der Waals surface area contributed by atoms with Gasteiger partial charge >= 0.3 is 6.09 Å². The number of nitrogens with one attached hydrogen (secondary N) is 1. The van der Waals surface area contributed by atoms with E-state index in [1.54, 1.807) is 42.0 Å². The zero-order valence-electron chi connectivity index (χ0n) is 19.1. The van der Waals surface area contributed by atoms with E-state index in [0.717, 1.165) is 34.2 Å². The largest absolute Gasteiger partial charge is 0.444 e. The number of hydrogen-bond acceptors (Lipinski definition) is 6. The van der Waals surface area contributed by atoms with Gasteiger partial charge in [0.05, 0.1) is 32.5 Å². The highest BCUT2D eigenvalue weighted by molar-refractivity contribution is 7.90. The third-order valence-electron chi connectivity index (χ3n) is 5.80. The maximum absolute atomic E-state index is 13.7. The molecule has 2 aromatic carbocycles. The number of alkyl carbamates (subject to hydrolysis) is 1. The summed E-state index contributed by atoms with van der Waals surface area (Å²) in [5, 5.41) is 3.84. The molecule has 5 rings (SSSR count). The molecule has 34 heavy (non-hydrogen) atoms. The maximum Gasteiger partial charge on any atom is 0.408 e. The van der Waals surface area contributed by atoms with E-state index in [1.165, 1.54) is 15.3 Å². The van der Waals surface area contributed by atoms with Gasteiger partial charge in [0, 0.05) is 11.6 Å². The molecule has 9 heteroatoms. The molecule has 1 amide bonds. The van der Waals surface area contributed by atoms with Crippen molar-refractivity contribution in [3.63, 3.8) is 0 Å². The summed E-state index contributed by atoms with van der Waals surface area (Å²) in [7, 11) is -3.84. The molecule has 0 aliphatic heterocycles. The highest BCUT2D eigenvalue weighted by Gasteiger charge is 2.31. The van der Waals surface area contributed by atoms with Crippen LogP contribution in [0.15, 0.2) is 65.1 Å². The number of rotatable bonds is 4. The number of amides is 1. The van der Waals surface area contributed by atoms with Crippen molar-refractivity contribution in [1.29, 1.82) is 0 Å². The molecule has 1 aliphatic rings. The van der Waals surface area contributed by atoms with E-state index in [1.807, 2.05) is 39.0 Å². The molecular formula is C25H25N3O4S2. The SMILES string of the molecule is CC(C)(C)OC(=O)N[C@@H]1CCc2c1ccc1c2cc(-c2cncs2)n1S(=O)(=O)c1ccccc1. The number of carbonyl (C=O) groups is 1. The minimum absolute atomic E-state index is 0.185. The van der Waals surface area contributed by atoms with Crippen LogP contribution in [-0.2, 0) is 21.2 Å². The summed E-state index contributed by atoms with van der Waals surface area (Å²) in [5.41, 5.74) is 4.34. The van der Waals surface area contributed by atoms with Gasteiger partial charge in [-0.15, -0.1) is 11.3 Å². The fraction of sp³-hybridized carbons (Fsp3) is 0.280. The monoisotopic (exact) mass is 495 g/mol. The van der Waals surface area contributed by atoms with Crippen LogP contribution in [0.3, 0.4) is 0 Å². The summed E-state index contributed by atoms with van der Waals surface area (Å²) in [5.74, 6) is 0. The Morgan fingerprint density at radius 1 is 1.18 bits per heavy atom. The quantitative estimate of drug-likeness (QED) is 0.403. The van der Waals surface area contributed by atoms with Gasteiger partial charge in [-0.2, -0.15) is 0 Å². The standard InChI is InChI=1S/C25H25N3O4S2/c1-25(2,3)32-24(29)27-20-11-9-17-18(20)10-12-21-19(17)13-22(23-14-26-15-33-23)28(21)34(30,31)16-7-5-4-6-8-16/h4-8,10,12-15,20H,9,11H2,1-3H3,(H,27,29)/t20-/m1/s1. The first-order valence-corrected chi connectivity index (χ1v) is 13.3. The summed E-state index contributed by atoms with van der Waals surface area (Å²) in [6.45, 7) is 5.49. The first-order valence-electron chi connectivity index (χ1n) is 11.0. The van der Waals surface area contributed by atoms with Crippen molar-refractivity contribution in [2.75, 3.05) is 0 Å². The van der Waals surface area contributed by atoms with Gasteiger partial charge in [-0.3, -0.25) is 4.98 Å². The molecule has 0 saturated carbocycles. The zero-order valence-corrected chi connectivity index (χ0v) is 20.7. The van der Waals surface area contributed by atoms with E-state index in [9.17, 15) is 13.2 Å². The lowest BCUT2D eigenvalue weighted by molar-refractivity contribution is 0.0503. The molecule has 4 aromatic rings. The van der Waals surface area contributed by atoms with E-state index in [0.29, 0.717) is 11.2 Å². The van der Waals surface area contributed by atoms with Crippen molar-refractivity contribution >= 4 is 38.4 Å². The van der Waals surface area contributed by atoms with Crippen molar-refractivity contribution in [2.24, 2.45) is 0 Å². The number of hydrogen-bond donors (Lipinski definition) is 1. The third-order valence-corrected chi connectivity index (χ3v) is 8.34. The Kier molecular flexibility index (Phi) is 5.49. The number of benzene rings is 2. The molecule has 7 nitrogen and oxygen atoms in total. The second-order valence-electron chi connectivity index (χ2n) is 9.28. The van der Waals surface area contributed by atoms with Crippen molar-refractivity contribution in [1.82, 2.24) is 14.3 Å². The minimum Gasteiger partial charge on any atom is -0.444 e. The third kappa shape index (κ3) is 3.99. The van der Waals surface area contributed by atoms with E-state index in [-0.39, 0.29) is 10.9 Å². The van der Waals surface area contributed by atoms with Crippen molar-refractivity contribution < 1.29 is 17.9 Å². The Morgan fingerprint density at radius 2 is 1.94 bits per heavy atom. The molecule has 2 heterocycles. The van der Waals surface area contributed by atoms with Crippen LogP contribution in [0.1, 0.15) is 44.4 Å². The van der Waals surface area contributed by atoms with Crippen LogP contribution >= 0.6 is 11.3 Å². The van der Waals surface area contributed by atoms with E-state index in [4.69, 9.17) is 4.74 Å². The van der Waals surface area contributed by atoms with Crippen molar-refractivity contribution in [3.8, 4) is 10.6 Å². The first-order chi connectivity index (χ1) is 16.1. The van der Waals surface area contributed by atoms with Gasteiger partial charge in [-0.1, -0.05) is 24.3 Å². The number of thiazole rings is 1. The molecule has 0 saturated heterocycles. The molecular weight excluding hydrogens is 470 g/mol.